The average Bonchev–Trinajstić information content (AvgIpc) is 3.14. The number of anilines is 1. The molecule has 1 atom stereocenters. The first kappa shape index (κ1) is 22.8. The van der Waals surface area contributed by atoms with Gasteiger partial charge in [0.2, 0.25) is 5.91 Å². The number of carbonyl (C=O) groups is 2. The lowest BCUT2D eigenvalue weighted by Gasteiger charge is -2.22. The molecule has 1 heterocycles. The summed E-state index contributed by atoms with van der Waals surface area (Å²) in [6.07, 6.45) is 1.54. The highest BCUT2D eigenvalue weighted by atomic mass is 35.5. The van der Waals surface area contributed by atoms with Crippen LogP contribution in [0, 0.1) is 11.7 Å². The van der Waals surface area contributed by atoms with Gasteiger partial charge in [-0.2, -0.15) is 5.10 Å². The van der Waals surface area contributed by atoms with Gasteiger partial charge in [0.15, 0.2) is 0 Å². The second-order valence-electron chi connectivity index (χ2n) is 7.27. The van der Waals surface area contributed by atoms with Crippen molar-refractivity contribution in [3.05, 3.63) is 81.7 Å². The van der Waals surface area contributed by atoms with Gasteiger partial charge < -0.3 is 10.6 Å². The van der Waals surface area contributed by atoms with E-state index in [9.17, 15) is 14.0 Å². The van der Waals surface area contributed by atoms with E-state index >= 15 is 0 Å². The Labute approximate surface area is 189 Å². The minimum absolute atomic E-state index is 0.122. The molecule has 31 heavy (non-hydrogen) atoms. The molecule has 0 bridgehead atoms. The van der Waals surface area contributed by atoms with Crippen LogP contribution in [0.4, 0.5) is 10.2 Å². The van der Waals surface area contributed by atoms with Crippen molar-refractivity contribution in [1.82, 2.24) is 15.1 Å². The first-order valence-corrected chi connectivity index (χ1v) is 10.3. The number of rotatable bonds is 7. The van der Waals surface area contributed by atoms with Crippen LogP contribution in [0.2, 0.25) is 10.0 Å². The Morgan fingerprint density at radius 2 is 1.87 bits per heavy atom. The van der Waals surface area contributed by atoms with E-state index in [1.807, 2.05) is 0 Å². The highest BCUT2D eigenvalue weighted by molar-refractivity contribution is 6.35. The monoisotopic (exact) mass is 462 g/mol. The molecule has 2 amide bonds. The molecule has 0 aliphatic rings. The molecule has 0 aliphatic carbocycles. The molecule has 162 valence electrons. The van der Waals surface area contributed by atoms with Gasteiger partial charge in [-0.25, -0.2) is 9.07 Å². The van der Waals surface area contributed by atoms with Crippen molar-refractivity contribution in [2.75, 3.05) is 5.32 Å². The van der Waals surface area contributed by atoms with Crippen LogP contribution in [0.3, 0.4) is 0 Å². The maximum Gasteiger partial charge on any atom is 0.254 e. The molecule has 9 heteroatoms. The van der Waals surface area contributed by atoms with Gasteiger partial charge in [-0.3, -0.25) is 9.59 Å². The summed E-state index contributed by atoms with van der Waals surface area (Å²) in [7, 11) is 0. The Balaban J connectivity index is 1.74. The fourth-order valence-corrected chi connectivity index (χ4v) is 3.45. The van der Waals surface area contributed by atoms with Crippen molar-refractivity contribution in [3.8, 4) is 0 Å². The molecule has 0 spiro atoms. The van der Waals surface area contributed by atoms with Crippen LogP contribution in [-0.4, -0.2) is 27.6 Å². The average molecular weight is 463 g/mol. The Morgan fingerprint density at radius 3 is 2.55 bits per heavy atom. The normalized spacial score (nSPS) is 11.9. The molecule has 2 aromatic carbocycles. The molecule has 0 saturated heterocycles. The van der Waals surface area contributed by atoms with Gasteiger partial charge in [-0.1, -0.05) is 55.2 Å². The summed E-state index contributed by atoms with van der Waals surface area (Å²) in [6, 6.07) is 11.5. The third-order valence-electron chi connectivity index (χ3n) is 4.66. The Kier molecular flexibility index (Phi) is 7.30. The summed E-state index contributed by atoms with van der Waals surface area (Å²) < 4.78 is 15.5. The van der Waals surface area contributed by atoms with Gasteiger partial charge in [0, 0.05) is 16.1 Å². The molecule has 3 aromatic rings. The van der Waals surface area contributed by atoms with Crippen molar-refractivity contribution in [3.63, 3.8) is 0 Å². The molecule has 0 radical (unpaired) electrons. The number of hydrogen-bond acceptors (Lipinski definition) is 3. The molecule has 2 N–H and O–H groups in total. The third kappa shape index (κ3) is 5.62. The van der Waals surface area contributed by atoms with Crippen LogP contribution in [-0.2, 0) is 11.3 Å². The molecular formula is C22H21Cl2FN4O2. The summed E-state index contributed by atoms with van der Waals surface area (Å²) in [5.74, 6) is -1.56. The molecular weight excluding hydrogens is 442 g/mol. The number of nitrogens with one attached hydrogen (secondary N) is 2. The smallest absolute Gasteiger partial charge is 0.254 e. The van der Waals surface area contributed by atoms with Crippen LogP contribution in [0.1, 0.15) is 29.8 Å². The number of nitrogens with zero attached hydrogens (tertiary/aromatic N) is 2. The van der Waals surface area contributed by atoms with E-state index in [2.05, 4.69) is 15.7 Å². The van der Waals surface area contributed by atoms with Crippen LogP contribution >= 0.6 is 23.2 Å². The second-order valence-corrected chi connectivity index (χ2v) is 8.12. The zero-order chi connectivity index (χ0) is 22.5. The molecule has 0 aliphatic heterocycles. The standard InChI is InChI=1S/C22H21Cl2FN4O2/c1-13(2)20(28-21(30)16-5-3-4-6-18(16)25)22(31)27-19-9-10-26-29(19)12-14-7-8-15(23)11-17(14)24/h3-11,13,20H,12H2,1-2H3,(H,27,31)(H,28,30)/t20-/m0/s1. The highest BCUT2D eigenvalue weighted by Gasteiger charge is 2.26. The SMILES string of the molecule is CC(C)[C@H](NC(=O)c1ccccc1F)C(=O)Nc1ccnn1Cc1ccc(Cl)cc1Cl. The summed E-state index contributed by atoms with van der Waals surface area (Å²) in [4.78, 5) is 25.4. The predicted molar refractivity (Wildman–Crippen MR) is 119 cm³/mol. The summed E-state index contributed by atoms with van der Waals surface area (Å²) >= 11 is 12.2. The lowest BCUT2D eigenvalue weighted by atomic mass is 10.0. The fraction of sp³-hybridized carbons (Fsp3) is 0.227. The van der Waals surface area contributed by atoms with E-state index in [1.54, 1.807) is 55.1 Å². The van der Waals surface area contributed by atoms with Gasteiger partial charge in [0.05, 0.1) is 18.3 Å². The topological polar surface area (TPSA) is 76.0 Å². The maximum absolute atomic E-state index is 13.9. The lowest BCUT2D eigenvalue weighted by Crippen LogP contribution is -2.47. The van der Waals surface area contributed by atoms with Crippen molar-refractivity contribution < 1.29 is 14.0 Å². The van der Waals surface area contributed by atoms with Crippen molar-refractivity contribution >= 4 is 40.8 Å². The van der Waals surface area contributed by atoms with E-state index in [1.165, 1.54) is 18.2 Å². The van der Waals surface area contributed by atoms with E-state index in [4.69, 9.17) is 23.2 Å². The quantitative estimate of drug-likeness (QED) is 0.530. The summed E-state index contributed by atoms with van der Waals surface area (Å²) in [5.41, 5.74) is 0.655. The number of benzene rings is 2. The number of aromatic nitrogens is 2. The van der Waals surface area contributed by atoms with Gasteiger partial charge in [-0.05, 0) is 35.7 Å². The summed E-state index contributed by atoms with van der Waals surface area (Å²) in [6.45, 7) is 3.89. The maximum atomic E-state index is 13.9. The predicted octanol–water partition coefficient (Wildman–Crippen LogP) is 4.77. The second kappa shape index (κ2) is 9.94. The number of carbonyl (C=O) groups excluding carboxylic acids is 2. The van der Waals surface area contributed by atoms with Crippen LogP contribution in [0.5, 0.6) is 0 Å². The zero-order valence-electron chi connectivity index (χ0n) is 16.9. The Morgan fingerprint density at radius 1 is 1.13 bits per heavy atom. The largest absolute Gasteiger partial charge is 0.340 e. The minimum atomic E-state index is -0.880. The highest BCUT2D eigenvalue weighted by Crippen LogP contribution is 2.23. The third-order valence-corrected chi connectivity index (χ3v) is 5.24. The van der Waals surface area contributed by atoms with Crippen molar-refractivity contribution in [2.24, 2.45) is 5.92 Å². The van der Waals surface area contributed by atoms with Gasteiger partial charge in [-0.15, -0.1) is 0 Å². The van der Waals surface area contributed by atoms with Crippen LogP contribution in [0.25, 0.3) is 0 Å². The molecule has 0 saturated carbocycles. The number of halogens is 3. The number of hydrogen-bond donors (Lipinski definition) is 2. The fourth-order valence-electron chi connectivity index (χ4n) is 2.98. The molecule has 1 aromatic heterocycles. The van der Waals surface area contributed by atoms with E-state index < -0.39 is 23.7 Å². The van der Waals surface area contributed by atoms with E-state index in [-0.39, 0.29) is 11.5 Å². The molecule has 0 unspecified atom stereocenters. The number of amides is 2. The Bertz CT molecular complexity index is 1100. The molecule has 0 fully saturated rings. The van der Waals surface area contributed by atoms with Crippen LogP contribution < -0.4 is 10.6 Å². The van der Waals surface area contributed by atoms with Gasteiger partial charge >= 0.3 is 0 Å². The van der Waals surface area contributed by atoms with Crippen LogP contribution in [0.15, 0.2) is 54.7 Å². The lowest BCUT2D eigenvalue weighted by molar-refractivity contribution is -0.118. The summed E-state index contributed by atoms with van der Waals surface area (Å²) in [5, 5.41) is 10.6. The van der Waals surface area contributed by atoms with E-state index in [0.717, 1.165) is 5.56 Å². The minimum Gasteiger partial charge on any atom is -0.340 e. The van der Waals surface area contributed by atoms with E-state index in [0.29, 0.717) is 22.4 Å². The van der Waals surface area contributed by atoms with Crippen molar-refractivity contribution in [1.29, 1.82) is 0 Å². The molecule has 3 rings (SSSR count). The first-order chi connectivity index (χ1) is 14.8. The van der Waals surface area contributed by atoms with Gasteiger partial charge in [0.25, 0.3) is 5.91 Å². The zero-order valence-corrected chi connectivity index (χ0v) is 18.4. The molecule has 6 nitrogen and oxygen atoms in total. The van der Waals surface area contributed by atoms with Crippen molar-refractivity contribution in [2.45, 2.75) is 26.4 Å². The Hall–Kier alpha value is -2.90. The van der Waals surface area contributed by atoms with Gasteiger partial charge in [0.1, 0.15) is 17.7 Å². The first-order valence-electron chi connectivity index (χ1n) is 9.58.